The molecule has 0 aliphatic heterocycles. The van der Waals surface area contributed by atoms with Gasteiger partial charge < -0.3 is 14.2 Å². The van der Waals surface area contributed by atoms with E-state index in [4.69, 9.17) is 14.2 Å². The van der Waals surface area contributed by atoms with E-state index in [1.54, 1.807) is 43.3 Å². The smallest absolute Gasteiger partial charge is 0.185 e. The number of ketones is 1. The number of benzene rings is 2. The Kier molecular flexibility index (Phi) is 7.14. The zero-order chi connectivity index (χ0) is 22.5. The van der Waals surface area contributed by atoms with Gasteiger partial charge in [-0.3, -0.25) is 4.79 Å². The first-order valence-corrected chi connectivity index (χ1v) is 10.0. The van der Waals surface area contributed by atoms with Crippen LogP contribution >= 0.6 is 0 Å². The molecule has 0 unspecified atom stereocenters. The summed E-state index contributed by atoms with van der Waals surface area (Å²) in [6.07, 6.45) is 3.31. The zero-order valence-electron chi connectivity index (χ0n) is 19.0. The molecular weight excluding hydrogens is 376 g/mol. The lowest BCUT2D eigenvalue weighted by Crippen LogP contribution is -2.24. The van der Waals surface area contributed by atoms with Gasteiger partial charge in [-0.05, 0) is 97.0 Å². The molecule has 0 aliphatic rings. The number of carbonyl (C=O) groups is 1. The molecule has 0 saturated heterocycles. The summed E-state index contributed by atoms with van der Waals surface area (Å²) in [5, 5.41) is 0. The SMILES string of the molecule is C=C(C)Oc1ccc(C(=O)C=Cc2ccc(OC(C)(C)C)cc2OC(C)(C)C)cc1. The number of carbonyl (C=O) groups excluding carboxylic acids is 1. The molecule has 0 aliphatic carbocycles. The van der Waals surface area contributed by atoms with Crippen molar-refractivity contribution in [3.8, 4) is 17.2 Å². The maximum absolute atomic E-state index is 12.6. The Morgan fingerprint density at radius 2 is 1.43 bits per heavy atom. The topological polar surface area (TPSA) is 44.8 Å². The standard InChI is InChI=1S/C26H32O4/c1-18(2)28-21-13-9-19(10-14-21)23(27)16-12-20-11-15-22(29-25(3,4)5)17-24(20)30-26(6,7)8/h9-17H,1H2,2-8H3. The second-order valence-corrected chi connectivity index (χ2v) is 9.15. The highest BCUT2D eigenvalue weighted by Gasteiger charge is 2.17. The van der Waals surface area contributed by atoms with Crippen molar-refractivity contribution in [3.05, 3.63) is 72.0 Å². The molecular formula is C26H32O4. The van der Waals surface area contributed by atoms with Gasteiger partial charge in [0.05, 0.1) is 5.76 Å². The minimum atomic E-state index is -0.383. The van der Waals surface area contributed by atoms with Crippen LogP contribution in [0, 0.1) is 0 Å². The Hall–Kier alpha value is -3.01. The van der Waals surface area contributed by atoms with Crippen molar-refractivity contribution in [3.63, 3.8) is 0 Å². The van der Waals surface area contributed by atoms with Gasteiger partial charge in [-0.25, -0.2) is 0 Å². The van der Waals surface area contributed by atoms with E-state index in [-0.39, 0.29) is 17.0 Å². The van der Waals surface area contributed by atoms with E-state index in [0.29, 0.717) is 22.8 Å². The van der Waals surface area contributed by atoms with Crippen LogP contribution in [0.1, 0.15) is 64.4 Å². The molecule has 0 saturated carbocycles. The Morgan fingerprint density at radius 1 is 0.867 bits per heavy atom. The van der Waals surface area contributed by atoms with Gasteiger partial charge in [0.2, 0.25) is 0 Å². The van der Waals surface area contributed by atoms with E-state index in [9.17, 15) is 4.79 Å². The van der Waals surface area contributed by atoms with Crippen LogP contribution in [-0.4, -0.2) is 17.0 Å². The highest BCUT2D eigenvalue weighted by molar-refractivity contribution is 6.07. The fraction of sp³-hybridized carbons (Fsp3) is 0.346. The molecule has 30 heavy (non-hydrogen) atoms. The average Bonchev–Trinajstić information content (AvgIpc) is 2.58. The van der Waals surface area contributed by atoms with Gasteiger partial charge in [-0.1, -0.05) is 6.58 Å². The molecule has 0 amide bonds. The summed E-state index contributed by atoms with van der Waals surface area (Å²) in [4.78, 5) is 12.6. The predicted molar refractivity (Wildman–Crippen MR) is 122 cm³/mol. The zero-order valence-corrected chi connectivity index (χ0v) is 19.0. The van der Waals surface area contributed by atoms with Crippen LogP contribution in [0.15, 0.2) is 60.9 Å². The summed E-state index contributed by atoms with van der Waals surface area (Å²) in [5.74, 6) is 2.53. The molecule has 0 heterocycles. The monoisotopic (exact) mass is 408 g/mol. The van der Waals surface area contributed by atoms with Crippen LogP contribution in [0.3, 0.4) is 0 Å². The molecule has 2 rings (SSSR count). The maximum Gasteiger partial charge on any atom is 0.185 e. The molecule has 2 aromatic carbocycles. The Bertz CT molecular complexity index is 923. The van der Waals surface area contributed by atoms with Crippen molar-refractivity contribution in [2.45, 2.75) is 59.7 Å². The van der Waals surface area contributed by atoms with Crippen LogP contribution < -0.4 is 14.2 Å². The van der Waals surface area contributed by atoms with Crippen molar-refractivity contribution in [1.82, 2.24) is 0 Å². The minimum absolute atomic E-state index is 0.103. The lowest BCUT2D eigenvalue weighted by atomic mass is 10.1. The summed E-state index contributed by atoms with van der Waals surface area (Å²) in [7, 11) is 0. The van der Waals surface area contributed by atoms with Crippen LogP contribution in [-0.2, 0) is 0 Å². The van der Waals surface area contributed by atoms with Crippen molar-refractivity contribution in [2.24, 2.45) is 0 Å². The molecule has 0 fully saturated rings. The van der Waals surface area contributed by atoms with E-state index < -0.39 is 0 Å². The van der Waals surface area contributed by atoms with Gasteiger partial charge in [0.25, 0.3) is 0 Å². The van der Waals surface area contributed by atoms with E-state index in [1.165, 1.54) is 0 Å². The van der Waals surface area contributed by atoms with E-state index >= 15 is 0 Å². The highest BCUT2D eigenvalue weighted by atomic mass is 16.5. The molecule has 4 nitrogen and oxygen atoms in total. The molecule has 160 valence electrons. The highest BCUT2D eigenvalue weighted by Crippen LogP contribution is 2.31. The fourth-order valence-corrected chi connectivity index (χ4v) is 2.64. The summed E-state index contributed by atoms with van der Waals surface area (Å²) in [5.41, 5.74) is 0.686. The normalized spacial score (nSPS) is 12.0. The van der Waals surface area contributed by atoms with Crippen molar-refractivity contribution < 1.29 is 19.0 Å². The summed E-state index contributed by atoms with van der Waals surface area (Å²) < 4.78 is 17.5. The second-order valence-electron chi connectivity index (χ2n) is 9.15. The Balaban J connectivity index is 2.25. The molecule has 0 spiro atoms. The van der Waals surface area contributed by atoms with E-state index in [2.05, 4.69) is 6.58 Å². The molecule has 0 aromatic heterocycles. The first-order valence-electron chi connectivity index (χ1n) is 10.0. The van der Waals surface area contributed by atoms with Crippen LogP contribution in [0.5, 0.6) is 17.2 Å². The lowest BCUT2D eigenvalue weighted by Gasteiger charge is -2.25. The number of hydrogen-bond acceptors (Lipinski definition) is 4. The predicted octanol–water partition coefficient (Wildman–Crippen LogP) is 6.85. The Labute approximate surface area is 180 Å². The summed E-state index contributed by atoms with van der Waals surface area (Å²) in [6.45, 7) is 17.4. The third-order valence-corrected chi connectivity index (χ3v) is 3.67. The lowest BCUT2D eigenvalue weighted by molar-refractivity contribution is 0.104. The minimum Gasteiger partial charge on any atom is -0.488 e. The first kappa shape index (κ1) is 23.3. The van der Waals surface area contributed by atoms with Crippen LogP contribution in [0.2, 0.25) is 0 Å². The summed E-state index contributed by atoms with van der Waals surface area (Å²) in [6, 6.07) is 12.6. The number of hydrogen-bond donors (Lipinski definition) is 0. The average molecular weight is 409 g/mol. The molecule has 0 radical (unpaired) electrons. The van der Waals surface area contributed by atoms with Crippen molar-refractivity contribution in [1.29, 1.82) is 0 Å². The fourth-order valence-electron chi connectivity index (χ4n) is 2.64. The van der Waals surface area contributed by atoms with Gasteiger partial charge in [0.1, 0.15) is 28.5 Å². The first-order chi connectivity index (χ1) is 13.8. The molecule has 2 aromatic rings. The third kappa shape index (κ3) is 7.78. The number of allylic oxidation sites excluding steroid dienone is 2. The van der Waals surface area contributed by atoms with Gasteiger partial charge in [0, 0.05) is 17.2 Å². The quantitative estimate of drug-likeness (QED) is 0.285. The molecule has 4 heteroatoms. The van der Waals surface area contributed by atoms with Gasteiger partial charge in [0.15, 0.2) is 5.78 Å². The van der Waals surface area contributed by atoms with Gasteiger partial charge in [-0.2, -0.15) is 0 Å². The molecule has 0 bridgehead atoms. The largest absolute Gasteiger partial charge is 0.488 e. The van der Waals surface area contributed by atoms with E-state index in [1.807, 2.05) is 59.7 Å². The molecule has 0 atom stereocenters. The molecule has 0 N–H and O–H groups in total. The maximum atomic E-state index is 12.6. The van der Waals surface area contributed by atoms with Crippen molar-refractivity contribution in [2.75, 3.05) is 0 Å². The van der Waals surface area contributed by atoms with Gasteiger partial charge in [-0.15, -0.1) is 0 Å². The van der Waals surface area contributed by atoms with Crippen molar-refractivity contribution >= 4 is 11.9 Å². The second kappa shape index (κ2) is 9.21. The summed E-state index contributed by atoms with van der Waals surface area (Å²) >= 11 is 0. The van der Waals surface area contributed by atoms with Crippen LogP contribution in [0.4, 0.5) is 0 Å². The number of ether oxygens (including phenoxy) is 3. The van der Waals surface area contributed by atoms with Gasteiger partial charge >= 0.3 is 0 Å². The third-order valence-electron chi connectivity index (χ3n) is 3.67. The number of rotatable bonds is 7. The van der Waals surface area contributed by atoms with Crippen LogP contribution in [0.25, 0.3) is 6.08 Å². The van der Waals surface area contributed by atoms with E-state index in [0.717, 1.165) is 11.3 Å². The Morgan fingerprint density at radius 3 is 1.97 bits per heavy atom.